The molecule has 1 aromatic carbocycles. The van der Waals surface area contributed by atoms with E-state index in [1.807, 2.05) is 37.1 Å². The van der Waals surface area contributed by atoms with Gasteiger partial charge in [0.15, 0.2) is 0 Å². The summed E-state index contributed by atoms with van der Waals surface area (Å²) < 4.78 is 0. The Kier molecular flexibility index (Phi) is 4.15. The third-order valence-electron chi connectivity index (χ3n) is 4.85. The van der Waals surface area contributed by atoms with Gasteiger partial charge < -0.3 is 10.2 Å². The van der Waals surface area contributed by atoms with Crippen molar-refractivity contribution in [3.05, 3.63) is 29.3 Å². The number of nitrogens with zero attached hydrogens (tertiary/aromatic N) is 2. The van der Waals surface area contributed by atoms with Crippen LogP contribution in [-0.4, -0.2) is 55.0 Å². The van der Waals surface area contributed by atoms with E-state index in [1.165, 1.54) is 25.9 Å². The molecule has 1 atom stereocenters. The third kappa shape index (κ3) is 2.91. The van der Waals surface area contributed by atoms with Gasteiger partial charge in [0.25, 0.3) is 5.91 Å². The van der Waals surface area contributed by atoms with Gasteiger partial charge in [0.1, 0.15) is 0 Å². The van der Waals surface area contributed by atoms with E-state index in [9.17, 15) is 4.79 Å². The summed E-state index contributed by atoms with van der Waals surface area (Å²) in [5, 5.41) is 3.14. The lowest BCUT2D eigenvalue weighted by molar-refractivity contribution is 0.0780. The van der Waals surface area contributed by atoms with Crippen LogP contribution in [0.25, 0.3) is 0 Å². The van der Waals surface area contributed by atoms with Crippen LogP contribution in [0.4, 0.5) is 5.69 Å². The zero-order chi connectivity index (χ0) is 14.8. The average molecular weight is 287 g/mol. The second kappa shape index (κ2) is 6.06. The van der Waals surface area contributed by atoms with Crippen LogP contribution in [0.1, 0.15) is 35.2 Å². The Morgan fingerprint density at radius 1 is 1.24 bits per heavy atom. The minimum atomic E-state index is 0.183. The Balaban J connectivity index is 1.67. The van der Waals surface area contributed by atoms with Crippen molar-refractivity contribution in [2.45, 2.75) is 32.2 Å². The number of likely N-dealkylation sites (tertiary alicyclic amines) is 2. The quantitative estimate of drug-likeness (QED) is 0.927. The Hall–Kier alpha value is -1.55. The Labute approximate surface area is 127 Å². The van der Waals surface area contributed by atoms with E-state index in [0.717, 1.165) is 36.3 Å². The molecule has 114 valence electrons. The maximum Gasteiger partial charge on any atom is 0.253 e. The summed E-state index contributed by atoms with van der Waals surface area (Å²) in [5.41, 5.74) is 3.02. The smallest absolute Gasteiger partial charge is 0.253 e. The molecule has 2 fully saturated rings. The molecule has 0 radical (unpaired) electrons. The number of aryl methyl sites for hydroxylation is 1. The van der Waals surface area contributed by atoms with E-state index >= 15 is 0 Å². The van der Waals surface area contributed by atoms with E-state index in [1.54, 1.807) is 0 Å². The van der Waals surface area contributed by atoms with Crippen molar-refractivity contribution >= 4 is 11.6 Å². The number of benzene rings is 1. The highest BCUT2D eigenvalue weighted by atomic mass is 16.2. The van der Waals surface area contributed by atoms with Gasteiger partial charge >= 0.3 is 0 Å². The number of amides is 1. The number of anilines is 1. The molecule has 2 saturated heterocycles. The lowest BCUT2D eigenvalue weighted by Gasteiger charge is -2.23. The van der Waals surface area contributed by atoms with Crippen molar-refractivity contribution in [2.75, 3.05) is 38.5 Å². The summed E-state index contributed by atoms with van der Waals surface area (Å²) in [4.78, 5) is 17.2. The van der Waals surface area contributed by atoms with Crippen LogP contribution in [0.2, 0.25) is 0 Å². The lowest BCUT2D eigenvalue weighted by Crippen LogP contribution is -2.37. The summed E-state index contributed by atoms with van der Waals surface area (Å²) >= 11 is 0. The molecule has 1 unspecified atom stereocenters. The van der Waals surface area contributed by atoms with Gasteiger partial charge in [-0.3, -0.25) is 9.69 Å². The number of hydrogen-bond acceptors (Lipinski definition) is 3. The monoisotopic (exact) mass is 287 g/mol. The number of carbonyl (C=O) groups is 1. The minimum Gasteiger partial charge on any atom is -0.388 e. The molecule has 4 nitrogen and oxygen atoms in total. The SMILES string of the molecule is CNc1ccc(C(=O)N2CCC(N3CCCC3)C2)cc1C. The summed E-state index contributed by atoms with van der Waals surface area (Å²) in [7, 11) is 1.91. The fourth-order valence-corrected chi connectivity index (χ4v) is 3.59. The molecule has 1 N–H and O–H groups in total. The highest BCUT2D eigenvalue weighted by Gasteiger charge is 2.31. The molecule has 2 heterocycles. The maximum absolute atomic E-state index is 12.6. The normalized spacial score (nSPS) is 22.8. The average Bonchev–Trinajstić information content (AvgIpc) is 3.17. The van der Waals surface area contributed by atoms with E-state index in [0.29, 0.717) is 6.04 Å². The molecule has 21 heavy (non-hydrogen) atoms. The molecule has 4 heteroatoms. The summed E-state index contributed by atoms with van der Waals surface area (Å²) in [6.07, 6.45) is 3.75. The predicted molar refractivity (Wildman–Crippen MR) is 85.8 cm³/mol. The van der Waals surface area contributed by atoms with Gasteiger partial charge in [-0.1, -0.05) is 0 Å². The predicted octanol–water partition coefficient (Wildman–Crippen LogP) is 2.35. The molecule has 0 spiro atoms. The molecule has 1 aromatic rings. The molecular weight excluding hydrogens is 262 g/mol. The summed E-state index contributed by atoms with van der Waals surface area (Å²) in [5.74, 6) is 0.183. The van der Waals surface area contributed by atoms with Crippen LogP contribution < -0.4 is 5.32 Å². The topological polar surface area (TPSA) is 35.6 Å². The van der Waals surface area contributed by atoms with Gasteiger partial charge in [0.05, 0.1) is 0 Å². The van der Waals surface area contributed by atoms with E-state index in [4.69, 9.17) is 0 Å². The van der Waals surface area contributed by atoms with E-state index in [-0.39, 0.29) is 5.91 Å². The van der Waals surface area contributed by atoms with Crippen molar-refractivity contribution in [3.8, 4) is 0 Å². The second-order valence-electron chi connectivity index (χ2n) is 6.22. The molecule has 1 amide bonds. The standard InChI is InChI=1S/C17H25N3O/c1-13-11-14(5-6-16(13)18-2)17(21)20-10-7-15(12-20)19-8-3-4-9-19/h5-6,11,15,18H,3-4,7-10,12H2,1-2H3. The van der Waals surface area contributed by atoms with E-state index in [2.05, 4.69) is 10.2 Å². The first-order valence-electron chi connectivity index (χ1n) is 8.01. The molecule has 0 saturated carbocycles. The molecule has 0 aromatic heterocycles. The lowest BCUT2D eigenvalue weighted by atomic mass is 10.1. The first kappa shape index (κ1) is 14.4. The van der Waals surface area contributed by atoms with Gasteiger partial charge in [-0.15, -0.1) is 0 Å². The van der Waals surface area contributed by atoms with Crippen molar-refractivity contribution in [3.63, 3.8) is 0 Å². The molecule has 2 aliphatic heterocycles. The minimum absolute atomic E-state index is 0.183. The Morgan fingerprint density at radius 3 is 2.67 bits per heavy atom. The van der Waals surface area contributed by atoms with Crippen LogP contribution in [0.15, 0.2) is 18.2 Å². The zero-order valence-electron chi connectivity index (χ0n) is 13.1. The summed E-state index contributed by atoms with van der Waals surface area (Å²) in [6.45, 7) is 6.25. The Morgan fingerprint density at radius 2 is 2.00 bits per heavy atom. The highest BCUT2D eigenvalue weighted by Crippen LogP contribution is 2.23. The van der Waals surface area contributed by atoms with E-state index < -0.39 is 0 Å². The molecule has 0 aliphatic carbocycles. The first-order chi connectivity index (χ1) is 10.2. The van der Waals surface area contributed by atoms with Crippen molar-refractivity contribution in [2.24, 2.45) is 0 Å². The van der Waals surface area contributed by atoms with Crippen LogP contribution in [0.5, 0.6) is 0 Å². The van der Waals surface area contributed by atoms with Crippen LogP contribution in [0.3, 0.4) is 0 Å². The Bertz CT molecular complexity index is 523. The van der Waals surface area contributed by atoms with Gasteiger partial charge in [-0.05, 0) is 63.0 Å². The van der Waals surface area contributed by atoms with Gasteiger partial charge in [0, 0.05) is 37.4 Å². The van der Waals surface area contributed by atoms with Gasteiger partial charge in [-0.2, -0.15) is 0 Å². The second-order valence-corrected chi connectivity index (χ2v) is 6.22. The molecular formula is C17H25N3O. The van der Waals surface area contributed by atoms with Gasteiger partial charge in [-0.25, -0.2) is 0 Å². The van der Waals surface area contributed by atoms with Crippen molar-refractivity contribution < 1.29 is 4.79 Å². The highest BCUT2D eigenvalue weighted by molar-refractivity contribution is 5.95. The van der Waals surface area contributed by atoms with Crippen LogP contribution in [0, 0.1) is 6.92 Å². The zero-order valence-corrected chi connectivity index (χ0v) is 13.1. The van der Waals surface area contributed by atoms with Gasteiger partial charge in [0.2, 0.25) is 0 Å². The number of carbonyl (C=O) groups excluding carboxylic acids is 1. The molecule has 0 bridgehead atoms. The molecule has 2 aliphatic rings. The number of rotatable bonds is 3. The number of hydrogen-bond donors (Lipinski definition) is 1. The van der Waals surface area contributed by atoms with Crippen LogP contribution in [-0.2, 0) is 0 Å². The summed E-state index contributed by atoms with van der Waals surface area (Å²) in [6, 6.07) is 6.51. The third-order valence-corrected chi connectivity index (χ3v) is 4.85. The number of nitrogens with one attached hydrogen (secondary N) is 1. The maximum atomic E-state index is 12.6. The largest absolute Gasteiger partial charge is 0.388 e. The molecule has 3 rings (SSSR count). The van der Waals surface area contributed by atoms with Crippen LogP contribution >= 0.6 is 0 Å². The first-order valence-corrected chi connectivity index (χ1v) is 8.01. The van der Waals surface area contributed by atoms with Crippen molar-refractivity contribution in [1.29, 1.82) is 0 Å². The fraction of sp³-hybridized carbons (Fsp3) is 0.588. The van der Waals surface area contributed by atoms with Crippen molar-refractivity contribution in [1.82, 2.24) is 9.80 Å². The fourth-order valence-electron chi connectivity index (χ4n) is 3.59.